The molecule has 9 heteroatoms. The third kappa shape index (κ3) is 4.76. The van der Waals surface area contributed by atoms with E-state index in [2.05, 4.69) is 19.9 Å². The quantitative estimate of drug-likeness (QED) is 0.444. The van der Waals surface area contributed by atoms with Crippen molar-refractivity contribution < 1.29 is 9.84 Å². The lowest BCUT2D eigenvalue weighted by Crippen LogP contribution is -2.25. The van der Waals surface area contributed by atoms with E-state index < -0.39 is 5.60 Å². The van der Waals surface area contributed by atoms with Crippen molar-refractivity contribution in [1.29, 1.82) is 0 Å². The Bertz CT molecular complexity index is 1420. The van der Waals surface area contributed by atoms with Gasteiger partial charge in [0.05, 0.1) is 27.6 Å². The van der Waals surface area contributed by atoms with Crippen LogP contribution >= 0.6 is 11.3 Å². The van der Waals surface area contributed by atoms with E-state index >= 15 is 0 Å². The lowest BCUT2D eigenvalue weighted by atomic mass is 10.0. The standard InChI is InChI=1S/C25H27N5O3S/c1-14-11-26-24(25(5,6)32)29-21(14)18-8-7-9-20(10-18)30-16(3)27-22(15(2)23(30)31)33-12-19-13-34-17(4)28-19/h7-11,13,32H,12H2,1-6H3. The minimum Gasteiger partial charge on any atom is -0.471 e. The van der Waals surface area contributed by atoms with Gasteiger partial charge in [-0.1, -0.05) is 12.1 Å². The van der Waals surface area contributed by atoms with Gasteiger partial charge in [-0.05, 0) is 59.2 Å². The van der Waals surface area contributed by atoms with Crippen molar-refractivity contribution in [1.82, 2.24) is 24.5 Å². The number of hydrogen-bond acceptors (Lipinski definition) is 8. The van der Waals surface area contributed by atoms with Gasteiger partial charge in [0.25, 0.3) is 5.56 Å². The summed E-state index contributed by atoms with van der Waals surface area (Å²) in [7, 11) is 0. The maximum absolute atomic E-state index is 13.3. The van der Waals surface area contributed by atoms with Crippen LogP contribution in [0, 0.1) is 27.7 Å². The van der Waals surface area contributed by atoms with Gasteiger partial charge in [-0.15, -0.1) is 11.3 Å². The summed E-state index contributed by atoms with van der Waals surface area (Å²) < 4.78 is 7.38. The molecular weight excluding hydrogens is 450 g/mol. The highest BCUT2D eigenvalue weighted by Crippen LogP contribution is 2.26. The van der Waals surface area contributed by atoms with Crippen molar-refractivity contribution in [2.24, 2.45) is 0 Å². The summed E-state index contributed by atoms with van der Waals surface area (Å²) >= 11 is 1.55. The largest absolute Gasteiger partial charge is 0.471 e. The molecule has 4 aromatic rings. The molecule has 0 radical (unpaired) electrons. The summed E-state index contributed by atoms with van der Waals surface area (Å²) in [6.07, 6.45) is 1.70. The maximum Gasteiger partial charge on any atom is 0.264 e. The van der Waals surface area contributed by atoms with Gasteiger partial charge >= 0.3 is 0 Å². The van der Waals surface area contributed by atoms with Crippen LogP contribution in [0.1, 0.15) is 47.3 Å². The third-order valence-corrected chi connectivity index (χ3v) is 6.17. The Morgan fingerprint density at radius 1 is 1.12 bits per heavy atom. The van der Waals surface area contributed by atoms with Gasteiger partial charge in [-0.25, -0.2) is 15.0 Å². The topological polar surface area (TPSA) is 103 Å². The van der Waals surface area contributed by atoms with Crippen LogP contribution in [0.15, 0.2) is 40.6 Å². The van der Waals surface area contributed by atoms with Crippen LogP contribution < -0.4 is 10.3 Å². The van der Waals surface area contributed by atoms with Gasteiger partial charge in [-0.3, -0.25) is 9.36 Å². The van der Waals surface area contributed by atoms with Gasteiger partial charge in [0.1, 0.15) is 18.0 Å². The van der Waals surface area contributed by atoms with Crippen molar-refractivity contribution >= 4 is 11.3 Å². The van der Waals surface area contributed by atoms with Crippen LogP contribution in [0.4, 0.5) is 0 Å². The van der Waals surface area contributed by atoms with Crippen molar-refractivity contribution in [2.75, 3.05) is 0 Å². The van der Waals surface area contributed by atoms with Crippen molar-refractivity contribution in [3.63, 3.8) is 0 Å². The fraction of sp³-hybridized carbons (Fsp3) is 0.320. The molecule has 0 saturated carbocycles. The number of hydrogen-bond donors (Lipinski definition) is 1. The molecule has 0 fully saturated rings. The third-order valence-electron chi connectivity index (χ3n) is 5.35. The molecular formula is C25H27N5O3S. The highest BCUT2D eigenvalue weighted by Gasteiger charge is 2.21. The molecule has 3 aromatic heterocycles. The fourth-order valence-corrected chi connectivity index (χ4v) is 4.17. The van der Waals surface area contributed by atoms with Crippen LogP contribution in [0.2, 0.25) is 0 Å². The average Bonchev–Trinajstić information content (AvgIpc) is 3.20. The van der Waals surface area contributed by atoms with Crippen LogP contribution in [0.25, 0.3) is 16.9 Å². The molecule has 176 valence electrons. The maximum atomic E-state index is 13.3. The van der Waals surface area contributed by atoms with Crippen LogP contribution in [0.3, 0.4) is 0 Å². The molecule has 0 atom stereocenters. The highest BCUT2D eigenvalue weighted by molar-refractivity contribution is 7.09. The lowest BCUT2D eigenvalue weighted by Gasteiger charge is -2.18. The molecule has 0 spiro atoms. The minimum absolute atomic E-state index is 0.203. The van der Waals surface area contributed by atoms with E-state index in [0.717, 1.165) is 21.8 Å². The van der Waals surface area contributed by atoms with Gasteiger partial charge < -0.3 is 9.84 Å². The number of benzene rings is 1. The number of aromatic nitrogens is 5. The van der Waals surface area contributed by atoms with E-state index in [-0.39, 0.29) is 12.2 Å². The molecule has 0 amide bonds. The Labute approximate surface area is 202 Å². The smallest absolute Gasteiger partial charge is 0.264 e. The molecule has 0 aliphatic rings. The van der Waals surface area contributed by atoms with E-state index in [1.807, 2.05) is 43.5 Å². The molecule has 3 heterocycles. The zero-order chi connectivity index (χ0) is 24.6. The number of ether oxygens (including phenoxy) is 1. The summed E-state index contributed by atoms with van der Waals surface area (Å²) in [5.74, 6) is 1.15. The zero-order valence-electron chi connectivity index (χ0n) is 20.1. The second-order valence-electron chi connectivity index (χ2n) is 8.71. The van der Waals surface area contributed by atoms with E-state index in [0.29, 0.717) is 34.5 Å². The Balaban J connectivity index is 1.72. The van der Waals surface area contributed by atoms with Crippen LogP contribution in [0.5, 0.6) is 5.88 Å². The van der Waals surface area contributed by atoms with Crippen molar-refractivity contribution in [2.45, 2.75) is 53.8 Å². The molecule has 0 unspecified atom stereocenters. The normalized spacial score (nSPS) is 11.6. The number of aryl methyl sites for hydroxylation is 3. The van der Waals surface area contributed by atoms with Gasteiger partial charge in [-0.2, -0.15) is 4.98 Å². The van der Waals surface area contributed by atoms with Crippen molar-refractivity contribution in [3.05, 3.63) is 79.7 Å². The first kappa shape index (κ1) is 23.7. The summed E-state index contributed by atoms with van der Waals surface area (Å²) in [5, 5.41) is 13.2. The molecule has 0 aliphatic heterocycles. The SMILES string of the molecule is Cc1nc(COc2nc(C)n(-c3cccc(-c4nc(C(C)(C)O)ncc4C)c3)c(=O)c2C)cs1. The average molecular weight is 478 g/mol. The number of nitrogens with zero attached hydrogens (tertiary/aromatic N) is 5. The number of aliphatic hydroxyl groups is 1. The van der Waals surface area contributed by atoms with Gasteiger partial charge in [0.15, 0.2) is 5.82 Å². The molecule has 1 N–H and O–H groups in total. The molecule has 34 heavy (non-hydrogen) atoms. The monoisotopic (exact) mass is 477 g/mol. The van der Waals surface area contributed by atoms with E-state index in [4.69, 9.17) is 4.74 Å². The second-order valence-corrected chi connectivity index (χ2v) is 9.77. The van der Waals surface area contributed by atoms with E-state index in [9.17, 15) is 9.90 Å². The summed E-state index contributed by atoms with van der Waals surface area (Å²) in [6, 6.07) is 7.52. The number of rotatable bonds is 6. The van der Waals surface area contributed by atoms with Gasteiger partial charge in [0, 0.05) is 17.1 Å². The lowest BCUT2D eigenvalue weighted by molar-refractivity contribution is 0.0688. The zero-order valence-corrected chi connectivity index (χ0v) is 20.9. The fourth-order valence-electron chi connectivity index (χ4n) is 3.57. The van der Waals surface area contributed by atoms with Crippen molar-refractivity contribution in [3.8, 4) is 22.8 Å². The molecule has 0 aliphatic carbocycles. The first-order valence-corrected chi connectivity index (χ1v) is 11.7. The van der Waals surface area contributed by atoms with E-state index in [1.54, 1.807) is 49.8 Å². The summed E-state index contributed by atoms with van der Waals surface area (Å²) in [4.78, 5) is 31.1. The predicted molar refractivity (Wildman–Crippen MR) is 131 cm³/mol. The Kier molecular flexibility index (Phi) is 6.33. The molecule has 0 bridgehead atoms. The Morgan fingerprint density at radius 3 is 2.56 bits per heavy atom. The van der Waals surface area contributed by atoms with Crippen LogP contribution in [-0.4, -0.2) is 29.6 Å². The summed E-state index contributed by atoms with van der Waals surface area (Å²) in [6.45, 7) is 10.9. The first-order valence-electron chi connectivity index (χ1n) is 10.9. The van der Waals surface area contributed by atoms with E-state index in [1.165, 1.54) is 0 Å². The Hall–Kier alpha value is -3.43. The highest BCUT2D eigenvalue weighted by atomic mass is 32.1. The first-order chi connectivity index (χ1) is 16.0. The predicted octanol–water partition coefficient (Wildman–Crippen LogP) is 4.19. The second kappa shape index (κ2) is 9.08. The number of thiazole rings is 1. The molecule has 0 saturated heterocycles. The van der Waals surface area contributed by atoms with Gasteiger partial charge in [0.2, 0.25) is 5.88 Å². The van der Waals surface area contributed by atoms with Crippen LogP contribution in [-0.2, 0) is 12.2 Å². The molecule has 8 nitrogen and oxygen atoms in total. The Morgan fingerprint density at radius 2 is 1.88 bits per heavy atom. The molecule has 1 aromatic carbocycles. The summed E-state index contributed by atoms with van der Waals surface area (Å²) in [5.41, 5.74) is 2.90. The minimum atomic E-state index is -1.16. The molecule has 4 rings (SSSR count).